The molecule has 5 atom stereocenters. The maximum atomic E-state index is 12.0. The lowest BCUT2D eigenvalue weighted by Gasteiger charge is -2.51. The van der Waals surface area contributed by atoms with E-state index in [-0.39, 0.29) is 12.2 Å². The molecule has 0 radical (unpaired) electrons. The minimum Gasteiger partial charge on any atom is -0.494 e. The molecule has 1 aliphatic heterocycles. The van der Waals surface area contributed by atoms with Crippen molar-refractivity contribution < 1.29 is 43.8 Å². The summed E-state index contributed by atoms with van der Waals surface area (Å²) >= 11 is 6.43. The first-order valence-electron chi connectivity index (χ1n) is 11.3. The first-order valence-corrected chi connectivity index (χ1v) is 11.6. The van der Waals surface area contributed by atoms with Gasteiger partial charge in [0, 0.05) is 17.7 Å². The average Bonchev–Trinajstić information content (AvgIpc) is 2.83. The van der Waals surface area contributed by atoms with Crippen molar-refractivity contribution in [3.63, 3.8) is 0 Å². The van der Waals surface area contributed by atoms with Gasteiger partial charge in [-0.3, -0.25) is 0 Å². The molecule has 0 amide bonds. The molecular formula is C25H31ClO9. The predicted molar refractivity (Wildman–Crippen MR) is 126 cm³/mol. The number of hydrogen-bond donors (Lipinski definition) is 3. The van der Waals surface area contributed by atoms with Crippen LogP contribution >= 0.6 is 11.6 Å². The Morgan fingerprint density at radius 3 is 2.37 bits per heavy atom. The molecule has 2 aromatic rings. The Labute approximate surface area is 209 Å². The first-order chi connectivity index (χ1) is 16.6. The standard InChI is InChI=1S/C25H31ClO9/c1-5-32-18-10-7-15(8-11-18)13-16-14-17(9-12-19(16)26)25(30)22(28)20(34-23(29)33-6-2)21(27)24(3,31-4)35-25/h7-12,14,20-22,27-28,30H,5-6,13H2,1-4H3. The molecule has 2 aromatic carbocycles. The van der Waals surface area contributed by atoms with Crippen molar-refractivity contribution in [3.05, 3.63) is 64.2 Å². The molecule has 0 bridgehead atoms. The molecule has 1 saturated heterocycles. The normalized spacial score (nSPS) is 28.4. The van der Waals surface area contributed by atoms with Crippen LogP contribution in [0.15, 0.2) is 42.5 Å². The molecule has 1 fully saturated rings. The molecule has 3 rings (SSSR count). The lowest BCUT2D eigenvalue weighted by Crippen LogP contribution is -2.68. The van der Waals surface area contributed by atoms with Crippen molar-refractivity contribution in [3.8, 4) is 5.75 Å². The maximum Gasteiger partial charge on any atom is 0.508 e. The molecule has 0 spiro atoms. The van der Waals surface area contributed by atoms with Gasteiger partial charge in [-0.2, -0.15) is 0 Å². The number of aliphatic hydroxyl groups is 3. The van der Waals surface area contributed by atoms with Gasteiger partial charge in [0.2, 0.25) is 5.79 Å². The van der Waals surface area contributed by atoms with Gasteiger partial charge < -0.3 is 39.0 Å². The third kappa shape index (κ3) is 5.72. The van der Waals surface area contributed by atoms with E-state index in [9.17, 15) is 20.1 Å². The van der Waals surface area contributed by atoms with E-state index in [0.717, 1.165) is 11.3 Å². The molecular weight excluding hydrogens is 480 g/mol. The third-order valence-corrected chi connectivity index (χ3v) is 6.28. The van der Waals surface area contributed by atoms with Gasteiger partial charge in [-0.05, 0) is 62.6 Å². The number of carbonyl (C=O) groups is 1. The summed E-state index contributed by atoms with van der Waals surface area (Å²) in [5.41, 5.74) is 1.71. The van der Waals surface area contributed by atoms with Crippen molar-refractivity contribution in [2.45, 2.75) is 57.1 Å². The van der Waals surface area contributed by atoms with Crippen molar-refractivity contribution in [1.82, 2.24) is 0 Å². The Morgan fingerprint density at radius 1 is 1.09 bits per heavy atom. The zero-order valence-electron chi connectivity index (χ0n) is 20.1. The molecule has 35 heavy (non-hydrogen) atoms. The summed E-state index contributed by atoms with van der Waals surface area (Å²) in [6.45, 7) is 5.41. The van der Waals surface area contributed by atoms with Crippen LogP contribution in [0.5, 0.6) is 5.75 Å². The number of benzene rings is 2. The second-order valence-corrected chi connectivity index (χ2v) is 8.64. The lowest BCUT2D eigenvalue weighted by atomic mass is 9.86. The van der Waals surface area contributed by atoms with Crippen LogP contribution in [0.2, 0.25) is 5.02 Å². The molecule has 0 aromatic heterocycles. The minimum atomic E-state index is -2.42. The molecule has 9 nitrogen and oxygen atoms in total. The number of carbonyl (C=O) groups excluding carboxylic acids is 1. The number of aliphatic hydroxyl groups excluding tert-OH is 2. The first kappa shape index (κ1) is 27.2. The summed E-state index contributed by atoms with van der Waals surface area (Å²) in [5.74, 6) is -3.51. The summed E-state index contributed by atoms with van der Waals surface area (Å²) in [6.07, 6.45) is -5.85. The van der Waals surface area contributed by atoms with Crippen LogP contribution in [0.25, 0.3) is 0 Å². The summed E-state index contributed by atoms with van der Waals surface area (Å²) < 4.78 is 26.4. The van der Waals surface area contributed by atoms with E-state index in [0.29, 0.717) is 23.6 Å². The van der Waals surface area contributed by atoms with Gasteiger partial charge in [0.05, 0.1) is 13.2 Å². The molecule has 192 valence electrons. The molecule has 10 heteroatoms. The molecule has 0 saturated carbocycles. The van der Waals surface area contributed by atoms with Crippen LogP contribution in [0.3, 0.4) is 0 Å². The molecule has 1 heterocycles. The van der Waals surface area contributed by atoms with Gasteiger partial charge >= 0.3 is 6.16 Å². The monoisotopic (exact) mass is 510 g/mol. The van der Waals surface area contributed by atoms with E-state index in [1.807, 2.05) is 31.2 Å². The van der Waals surface area contributed by atoms with Crippen molar-refractivity contribution in [2.75, 3.05) is 20.3 Å². The van der Waals surface area contributed by atoms with Gasteiger partial charge in [0.25, 0.3) is 0 Å². The Hall–Kier alpha value is -2.40. The van der Waals surface area contributed by atoms with E-state index in [4.69, 9.17) is 35.3 Å². The molecule has 3 N–H and O–H groups in total. The fourth-order valence-electron chi connectivity index (χ4n) is 3.93. The average molecular weight is 511 g/mol. The Balaban J connectivity index is 1.95. The summed E-state index contributed by atoms with van der Waals surface area (Å²) in [6, 6.07) is 12.1. The van der Waals surface area contributed by atoms with E-state index in [1.165, 1.54) is 20.1 Å². The van der Waals surface area contributed by atoms with E-state index in [2.05, 4.69) is 0 Å². The van der Waals surface area contributed by atoms with Gasteiger partial charge in [0.15, 0.2) is 18.0 Å². The highest BCUT2D eigenvalue weighted by Gasteiger charge is 2.61. The number of rotatable bonds is 8. The number of methoxy groups -OCH3 is 1. The number of ether oxygens (including phenoxy) is 5. The zero-order chi connectivity index (χ0) is 25.8. The highest BCUT2D eigenvalue weighted by Crippen LogP contribution is 2.43. The third-order valence-electron chi connectivity index (χ3n) is 5.91. The van der Waals surface area contributed by atoms with Crippen molar-refractivity contribution in [1.29, 1.82) is 0 Å². The molecule has 0 aliphatic carbocycles. The fraction of sp³-hybridized carbons (Fsp3) is 0.480. The van der Waals surface area contributed by atoms with E-state index >= 15 is 0 Å². The van der Waals surface area contributed by atoms with Crippen LogP contribution in [-0.2, 0) is 31.2 Å². The summed E-state index contributed by atoms with van der Waals surface area (Å²) in [4.78, 5) is 12.0. The second kappa shape index (κ2) is 11.1. The topological polar surface area (TPSA) is 124 Å². The fourth-order valence-corrected chi connectivity index (χ4v) is 4.11. The maximum absolute atomic E-state index is 12.0. The van der Waals surface area contributed by atoms with Gasteiger partial charge in [-0.15, -0.1) is 0 Å². The van der Waals surface area contributed by atoms with Gasteiger partial charge in [-0.25, -0.2) is 4.79 Å². The van der Waals surface area contributed by atoms with Crippen LogP contribution < -0.4 is 4.74 Å². The SMILES string of the molecule is CCOC(=O)OC1C(O)C(C)(OC)OC(O)(c2ccc(Cl)c(Cc3ccc(OCC)cc3)c2)C1O. The zero-order valence-corrected chi connectivity index (χ0v) is 20.8. The highest BCUT2D eigenvalue weighted by molar-refractivity contribution is 6.31. The van der Waals surface area contributed by atoms with E-state index in [1.54, 1.807) is 19.1 Å². The second-order valence-electron chi connectivity index (χ2n) is 8.23. The number of hydrogen-bond acceptors (Lipinski definition) is 9. The van der Waals surface area contributed by atoms with Gasteiger partial charge in [-0.1, -0.05) is 29.8 Å². The highest BCUT2D eigenvalue weighted by atomic mass is 35.5. The van der Waals surface area contributed by atoms with Crippen LogP contribution in [0.4, 0.5) is 4.79 Å². The Morgan fingerprint density at radius 2 is 1.77 bits per heavy atom. The van der Waals surface area contributed by atoms with Crippen molar-refractivity contribution >= 4 is 17.8 Å². The summed E-state index contributed by atoms with van der Waals surface area (Å²) in [5, 5.41) is 33.7. The van der Waals surface area contributed by atoms with Crippen molar-refractivity contribution in [2.24, 2.45) is 0 Å². The van der Waals surface area contributed by atoms with Gasteiger partial charge in [0.1, 0.15) is 11.9 Å². The largest absolute Gasteiger partial charge is 0.508 e. The Kier molecular flexibility index (Phi) is 8.63. The number of halogens is 1. The summed E-state index contributed by atoms with van der Waals surface area (Å²) in [7, 11) is 1.25. The predicted octanol–water partition coefficient (Wildman–Crippen LogP) is 3.13. The van der Waals surface area contributed by atoms with Crippen LogP contribution in [0.1, 0.15) is 37.5 Å². The lowest BCUT2D eigenvalue weighted by molar-refractivity contribution is -0.434. The molecule has 5 unspecified atom stereocenters. The van der Waals surface area contributed by atoms with Crippen LogP contribution in [-0.4, -0.2) is 65.9 Å². The quantitative estimate of drug-likeness (QED) is 0.459. The Bertz CT molecular complexity index is 1010. The smallest absolute Gasteiger partial charge is 0.494 e. The molecule has 1 aliphatic rings. The van der Waals surface area contributed by atoms with Crippen LogP contribution in [0, 0.1) is 0 Å². The minimum absolute atomic E-state index is 0.0200. The van der Waals surface area contributed by atoms with E-state index < -0.39 is 36.0 Å².